The van der Waals surface area contributed by atoms with Crippen LogP contribution in [0.2, 0.25) is 0 Å². The number of halogens is 1. The summed E-state index contributed by atoms with van der Waals surface area (Å²) in [5, 5.41) is 7.42. The molecule has 0 aliphatic heterocycles. The van der Waals surface area contributed by atoms with Gasteiger partial charge in [0, 0.05) is 12.1 Å². The van der Waals surface area contributed by atoms with Crippen LogP contribution in [0.1, 0.15) is 43.1 Å². The number of hydrogen-bond donors (Lipinski definition) is 1. The van der Waals surface area contributed by atoms with Gasteiger partial charge < -0.3 is 10.1 Å². The fourth-order valence-electron chi connectivity index (χ4n) is 2.97. The van der Waals surface area contributed by atoms with E-state index in [1.54, 1.807) is 6.92 Å². The van der Waals surface area contributed by atoms with E-state index in [-0.39, 0.29) is 18.3 Å². The Morgan fingerprint density at radius 1 is 1.32 bits per heavy atom. The molecule has 0 amide bonds. The number of rotatable bonds is 5. The van der Waals surface area contributed by atoms with Gasteiger partial charge in [0.2, 0.25) is 0 Å². The molecule has 1 aromatic carbocycles. The molecule has 1 aliphatic rings. The lowest BCUT2D eigenvalue weighted by Crippen LogP contribution is -2.27. The zero-order valence-electron chi connectivity index (χ0n) is 14.0. The Morgan fingerprint density at radius 3 is 2.64 bits per heavy atom. The first-order valence-corrected chi connectivity index (χ1v) is 8.42. The van der Waals surface area contributed by atoms with E-state index >= 15 is 0 Å². The molecule has 1 aromatic heterocycles. The van der Waals surface area contributed by atoms with E-state index in [0.29, 0.717) is 11.4 Å². The smallest absolute Gasteiger partial charge is 0.360 e. The average Bonchev–Trinajstić information content (AvgIpc) is 3.09. The summed E-state index contributed by atoms with van der Waals surface area (Å²) in [4.78, 5) is 24.7. The largest absolute Gasteiger partial charge is 0.461 e. The molecule has 0 unspecified atom stereocenters. The monoisotopic (exact) mass is 345 g/mol. The molecule has 1 N–H and O–H groups in total. The molecule has 1 aliphatic carbocycles. The van der Waals surface area contributed by atoms with E-state index in [2.05, 4.69) is 10.4 Å². The lowest BCUT2D eigenvalue weighted by atomic mass is 10.2. The number of nitrogens with one attached hydrogen (secondary N) is 1. The van der Waals surface area contributed by atoms with Crippen molar-refractivity contribution in [3.63, 3.8) is 0 Å². The van der Waals surface area contributed by atoms with Crippen LogP contribution in [0.5, 0.6) is 0 Å². The SMILES string of the molecule is CCOC(=O)c1nn(-c2ccc(F)cc2)c(=O)cc1NC1CCCC1. The second-order valence-electron chi connectivity index (χ2n) is 5.98. The second-order valence-corrected chi connectivity index (χ2v) is 5.98. The van der Waals surface area contributed by atoms with E-state index in [1.807, 2.05) is 0 Å². The third kappa shape index (κ3) is 3.87. The zero-order chi connectivity index (χ0) is 17.8. The molecule has 25 heavy (non-hydrogen) atoms. The van der Waals surface area contributed by atoms with Gasteiger partial charge in [0.05, 0.1) is 18.0 Å². The Labute approximate surface area is 144 Å². The summed E-state index contributed by atoms with van der Waals surface area (Å²) in [5.41, 5.74) is 0.413. The minimum absolute atomic E-state index is 0.0534. The van der Waals surface area contributed by atoms with Gasteiger partial charge in [-0.15, -0.1) is 0 Å². The standard InChI is InChI=1S/C18H20FN3O3/c1-2-25-18(24)17-15(20-13-5-3-4-6-13)11-16(23)22(21-17)14-9-7-12(19)8-10-14/h7-11,13,20H,2-6H2,1H3. The van der Waals surface area contributed by atoms with Gasteiger partial charge in [0.1, 0.15) is 5.82 Å². The maximum atomic E-state index is 13.1. The van der Waals surface area contributed by atoms with Crippen LogP contribution in [0, 0.1) is 5.82 Å². The summed E-state index contributed by atoms with van der Waals surface area (Å²) >= 11 is 0. The van der Waals surface area contributed by atoms with Crippen molar-refractivity contribution in [1.29, 1.82) is 0 Å². The average molecular weight is 345 g/mol. The van der Waals surface area contributed by atoms with Crippen molar-refractivity contribution in [3.05, 3.63) is 52.2 Å². The first-order valence-electron chi connectivity index (χ1n) is 8.42. The summed E-state index contributed by atoms with van der Waals surface area (Å²) in [7, 11) is 0. The molecule has 0 spiro atoms. The molecular weight excluding hydrogens is 325 g/mol. The number of carbonyl (C=O) groups excluding carboxylic acids is 1. The highest BCUT2D eigenvalue weighted by Gasteiger charge is 2.22. The maximum absolute atomic E-state index is 13.1. The molecule has 0 radical (unpaired) electrons. The van der Waals surface area contributed by atoms with Crippen molar-refractivity contribution < 1.29 is 13.9 Å². The lowest BCUT2D eigenvalue weighted by Gasteiger charge is -2.17. The van der Waals surface area contributed by atoms with E-state index in [9.17, 15) is 14.0 Å². The Morgan fingerprint density at radius 2 is 2.00 bits per heavy atom. The summed E-state index contributed by atoms with van der Waals surface area (Å²) in [6.07, 6.45) is 4.21. The van der Waals surface area contributed by atoms with Crippen molar-refractivity contribution in [1.82, 2.24) is 9.78 Å². The van der Waals surface area contributed by atoms with Crippen molar-refractivity contribution in [2.24, 2.45) is 0 Å². The molecule has 7 heteroatoms. The molecule has 0 atom stereocenters. The van der Waals surface area contributed by atoms with Gasteiger partial charge in [-0.05, 0) is 44.0 Å². The van der Waals surface area contributed by atoms with Crippen LogP contribution in [0.15, 0.2) is 35.1 Å². The molecule has 1 saturated carbocycles. The maximum Gasteiger partial charge on any atom is 0.360 e. The molecule has 132 valence electrons. The van der Waals surface area contributed by atoms with Crippen LogP contribution < -0.4 is 10.9 Å². The van der Waals surface area contributed by atoms with Crippen LogP contribution in [0.4, 0.5) is 10.1 Å². The third-order valence-corrected chi connectivity index (χ3v) is 4.19. The number of esters is 1. The van der Waals surface area contributed by atoms with Gasteiger partial charge in [-0.25, -0.2) is 9.18 Å². The number of hydrogen-bond acceptors (Lipinski definition) is 5. The van der Waals surface area contributed by atoms with Gasteiger partial charge in [-0.1, -0.05) is 12.8 Å². The van der Waals surface area contributed by atoms with Crippen molar-refractivity contribution >= 4 is 11.7 Å². The summed E-state index contributed by atoms with van der Waals surface area (Å²) in [6.45, 7) is 1.91. The first kappa shape index (κ1) is 17.1. The molecule has 6 nitrogen and oxygen atoms in total. The van der Waals surface area contributed by atoms with Gasteiger partial charge in [-0.3, -0.25) is 4.79 Å². The Balaban J connectivity index is 2.02. The predicted molar refractivity (Wildman–Crippen MR) is 91.6 cm³/mol. The Hall–Kier alpha value is -2.70. The van der Waals surface area contributed by atoms with Crippen molar-refractivity contribution in [2.75, 3.05) is 11.9 Å². The fourth-order valence-corrected chi connectivity index (χ4v) is 2.97. The van der Waals surface area contributed by atoms with E-state index in [4.69, 9.17) is 4.74 Å². The van der Waals surface area contributed by atoms with Gasteiger partial charge in [0.15, 0.2) is 5.69 Å². The summed E-state index contributed by atoms with van der Waals surface area (Å²) in [6, 6.07) is 6.90. The zero-order valence-corrected chi connectivity index (χ0v) is 14.0. The highest BCUT2D eigenvalue weighted by atomic mass is 19.1. The molecular formula is C18H20FN3O3. The van der Waals surface area contributed by atoms with E-state index in [1.165, 1.54) is 30.3 Å². The topological polar surface area (TPSA) is 73.2 Å². The molecule has 0 bridgehead atoms. The first-order chi connectivity index (χ1) is 12.1. The summed E-state index contributed by atoms with van der Waals surface area (Å²) in [5.74, 6) is -1.01. The van der Waals surface area contributed by atoms with Gasteiger partial charge >= 0.3 is 5.97 Å². The fraction of sp³-hybridized carbons (Fsp3) is 0.389. The van der Waals surface area contributed by atoms with Gasteiger partial charge in [0.25, 0.3) is 5.56 Å². The Bertz CT molecular complexity index is 811. The number of aromatic nitrogens is 2. The van der Waals surface area contributed by atoms with Crippen LogP contribution in [-0.2, 0) is 4.74 Å². The minimum Gasteiger partial charge on any atom is -0.461 e. The van der Waals surface area contributed by atoms with Crippen molar-refractivity contribution in [2.45, 2.75) is 38.6 Å². The molecule has 1 fully saturated rings. The normalized spacial score (nSPS) is 14.5. The van der Waals surface area contributed by atoms with E-state index in [0.717, 1.165) is 30.4 Å². The highest BCUT2D eigenvalue weighted by molar-refractivity contribution is 5.93. The van der Waals surface area contributed by atoms with Crippen LogP contribution in [-0.4, -0.2) is 28.4 Å². The number of carbonyl (C=O) groups is 1. The lowest BCUT2D eigenvalue weighted by molar-refractivity contribution is 0.0518. The minimum atomic E-state index is -0.598. The predicted octanol–water partition coefficient (Wildman–Crippen LogP) is 2.90. The molecule has 1 heterocycles. The highest BCUT2D eigenvalue weighted by Crippen LogP contribution is 2.23. The summed E-state index contributed by atoms with van der Waals surface area (Å²) < 4.78 is 19.3. The number of anilines is 1. The quantitative estimate of drug-likeness (QED) is 0.844. The van der Waals surface area contributed by atoms with Crippen LogP contribution >= 0.6 is 0 Å². The van der Waals surface area contributed by atoms with Crippen molar-refractivity contribution in [3.8, 4) is 5.69 Å². The number of ether oxygens (including phenoxy) is 1. The second kappa shape index (κ2) is 7.46. The molecule has 0 saturated heterocycles. The van der Waals surface area contributed by atoms with Crippen LogP contribution in [0.25, 0.3) is 5.69 Å². The van der Waals surface area contributed by atoms with Gasteiger partial charge in [-0.2, -0.15) is 9.78 Å². The Kier molecular flexibility index (Phi) is 5.11. The van der Waals surface area contributed by atoms with Crippen LogP contribution in [0.3, 0.4) is 0 Å². The molecule has 2 aromatic rings. The molecule has 3 rings (SSSR count). The third-order valence-electron chi connectivity index (χ3n) is 4.19. The number of benzene rings is 1. The number of nitrogens with zero attached hydrogens (tertiary/aromatic N) is 2. The van der Waals surface area contributed by atoms with E-state index < -0.39 is 17.3 Å².